The lowest BCUT2D eigenvalue weighted by Gasteiger charge is -2.29. The van der Waals surface area contributed by atoms with Crippen molar-refractivity contribution in [3.8, 4) is 5.75 Å². The number of benzene rings is 2. The first kappa shape index (κ1) is 20.5. The van der Waals surface area contributed by atoms with E-state index in [0.29, 0.717) is 11.8 Å². The maximum Gasteiger partial charge on any atom is 0.119 e. The third-order valence-electron chi connectivity index (χ3n) is 4.47. The van der Waals surface area contributed by atoms with Crippen molar-refractivity contribution in [3.05, 3.63) is 65.7 Å². The Balaban J connectivity index is 0.00000288. The van der Waals surface area contributed by atoms with E-state index in [1.165, 1.54) is 11.1 Å². The topological polar surface area (TPSA) is 12.5 Å². The summed E-state index contributed by atoms with van der Waals surface area (Å²) in [5.41, 5.74) is 2.80. The van der Waals surface area contributed by atoms with Gasteiger partial charge in [-0.15, -0.1) is 12.4 Å². The van der Waals surface area contributed by atoms with E-state index in [0.717, 1.165) is 25.1 Å². The lowest BCUT2D eigenvalue weighted by molar-refractivity contribution is 0.282. The van der Waals surface area contributed by atoms with E-state index in [1.54, 1.807) is 7.11 Å². The van der Waals surface area contributed by atoms with E-state index in [9.17, 15) is 0 Å². The Labute approximate surface area is 153 Å². The molecule has 0 heterocycles. The fourth-order valence-electron chi connectivity index (χ4n) is 3.43. The van der Waals surface area contributed by atoms with Gasteiger partial charge in [-0.2, -0.15) is 0 Å². The molecular formula is C21H30ClNO. The summed E-state index contributed by atoms with van der Waals surface area (Å²) in [4.78, 5) is 2.30. The summed E-state index contributed by atoms with van der Waals surface area (Å²) in [7, 11) is 6.06. The van der Waals surface area contributed by atoms with Gasteiger partial charge in [-0.3, -0.25) is 0 Å². The summed E-state index contributed by atoms with van der Waals surface area (Å²) in [6, 6.07) is 19.4. The zero-order valence-electron chi connectivity index (χ0n) is 15.2. The van der Waals surface area contributed by atoms with E-state index < -0.39 is 0 Å². The van der Waals surface area contributed by atoms with Gasteiger partial charge in [0.1, 0.15) is 5.75 Å². The SMILES string of the molecule is CCC(c1cccc(OC)c1)C(Cc1ccccc1)CN(C)C.Cl. The Kier molecular flexibility index (Phi) is 8.88. The normalized spacial score (nSPS) is 13.2. The molecule has 0 bridgehead atoms. The van der Waals surface area contributed by atoms with Crippen LogP contribution in [0.25, 0.3) is 0 Å². The van der Waals surface area contributed by atoms with Crippen LogP contribution in [0.4, 0.5) is 0 Å². The highest BCUT2D eigenvalue weighted by atomic mass is 35.5. The minimum Gasteiger partial charge on any atom is -0.497 e. The summed E-state index contributed by atoms with van der Waals surface area (Å²) in [6.45, 7) is 3.38. The molecule has 2 aromatic carbocycles. The number of rotatable bonds is 8. The molecule has 2 rings (SSSR count). The fourth-order valence-corrected chi connectivity index (χ4v) is 3.43. The van der Waals surface area contributed by atoms with Crippen molar-refractivity contribution >= 4 is 12.4 Å². The molecule has 0 spiro atoms. The van der Waals surface area contributed by atoms with Gasteiger partial charge < -0.3 is 9.64 Å². The Morgan fingerprint density at radius 1 is 1.00 bits per heavy atom. The van der Waals surface area contributed by atoms with Crippen molar-refractivity contribution in [2.75, 3.05) is 27.7 Å². The fraction of sp³-hybridized carbons (Fsp3) is 0.429. The van der Waals surface area contributed by atoms with Crippen LogP contribution in [-0.2, 0) is 6.42 Å². The standard InChI is InChI=1S/C21H29NO.ClH/c1-5-21(18-12-9-13-20(15-18)23-4)19(16-22(2)3)14-17-10-7-6-8-11-17;/h6-13,15,19,21H,5,14,16H2,1-4H3;1H. The van der Waals surface area contributed by atoms with Gasteiger partial charge in [0.25, 0.3) is 0 Å². The average Bonchev–Trinajstić information content (AvgIpc) is 2.56. The minimum absolute atomic E-state index is 0. The van der Waals surface area contributed by atoms with Gasteiger partial charge in [0.2, 0.25) is 0 Å². The molecule has 0 amide bonds. The van der Waals surface area contributed by atoms with Gasteiger partial charge in [0.15, 0.2) is 0 Å². The first-order chi connectivity index (χ1) is 11.1. The van der Waals surface area contributed by atoms with E-state index in [4.69, 9.17) is 4.74 Å². The number of methoxy groups -OCH3 is 1. The van der Waals surface area contributed by atoms with Gasteiger partial charge >= 0.3 is 0 Å². The molecule has 0 radical (unpaired) electrons. The third-order valence-corrected chi connectivity index (χ3v) is 4.47. The van der Waals surface area contributed by atoms with E-state index in [1.807, 2.05) is 6.07 Å². The van der Waals surface area contributed by atoms with Crippen molar-refractivity contribution in [1.29, 1.82) is 0 Å². The smallest absolute Gasteiger partial charge is 0.119 e. The number of ether oxygens (including phenoxy) is 1. The molecule has 0 aliphatic rings. The van der Waals surface area contributed by atoms with Crippen molar-refractivity contribution in [3.63, 3.8) is 0 Å². The minimum atomic E-state index is 0. The van der Waals surface area contributed by atoms with Crippen LogP contribution in [0.15, 0.2) is 54.6 Å². The van der Waals surface area contributed by atoms with E-state index >= 15 is 0 Å². The highest BCUT2D eigenvalue weighted by Crippen LogP contribution is 2.33. The average molecular weight is 348 g/mol. The Morgan fingerprint density at radius 2 is 1.71 bits per heavy atom. The molecule has 2 atom stereocenters. The maximum atomic E-state index is 5.42. The summed E-state index contributed by atoms with van der Waals surface area (Å²) in [5.74, 6) is 2.07. The molecule has 24 heavy (non-hydrogen) atoms. The lowest BCUT2D eigenvalue weighted by atomic mass is 9.80. The van der Waals surface area contributed by atoms with E-state index in [2.05, 4.69) is 74.4 Å². The van der Waals surface area contributed by atoms with Crippen LogP contribution in [0.2, 0.25) is 0 Å². The second-order valence-corrected chi connectivity index (χ2v) is 6.50. The molecule has 2 unspecified atom stereocenters. The van der Waals surface area contributed by atoms with Crippen molar-refractivity contribution in [1.82, 2.24) is 4.90 Å². The molecule has 2 aromatic rings. The lowest BCUT2D eigenvalue weighted by Crippen LogP contribution is -2.28. The largest absolute Gasteiger partial charge is 0.497 e. The molecule has 0 N–H and O–H groups in total. The quantitative estimate of drug-likeness (QED) is 0.664. The first-order valence-electron chi connectivity index (χ1n) is 8.46. The summed E-state index contributed by atoms with van der Waals surface area (Å²) >= 11 is 0. The van der Waals surface area contributed by atoms with Crippen LogP contribution in [0.5, 0.6) is 5.75 Å². The maximum absolute atomic E-state index is 5.42. The molecule has 132 valence electrons. The van der Waals surface area contributed by atoms with Gasteiger partial charge in [-0.25, -0.2) is 0 Å². The molecule has 2 nitrogen and oxygen atoms in total. The van der Waals surface area contributed by atoms with Gasteiger partial charge in [0, 0.05) is 6.54 Å². The molecule has 0 aliphatic carbocycles. The van der Waals surface area contributed by atoms with E-state index in [-0.39, 0.29) is 12.4 Å². The molecular weight excluding hydrogens is 318 g/mol. The molecule has 0 saturated carbocycles. The number of hydrogen-bond donors (Lipinski definition) is 0. The second-order valence-electron chi connectivity index (χ2n) is 6.50. The second kappa shape index (κ2) is 10.4. The highest BCUT2D eigenvalue weighted by Gasteiger charge is 2.23. The van der Waals surface area contributed by atoms with Crippen molar-refractivity contribution < 1.29 is 4.74 Å². The summed E-state index contributed by atoms with van der Waals surface area (Å²) < 4.78 is 5.42. The van der Waals surface area contributed by atoms with Crippen LogP contribution in [-0.4, -0.2) is 32.6 Å². The van der Waals surface area contributed by atoms with Crippen molar-refractivity contribution in [2.45, 2.75) is 25.7 Å². The molecule has 0 fully saturated rings. The Hall–Kier alpha value is -1.51. The van der Waals surface area contributed by atoms with Crippen LogP contribution < -0.4 is 4.74 Å². The number of hydrogen-bond acceptors (Lipinski definition) is 2. The molecule has 0 aliphatic heterocycles. The van der Waals surface area contributed by atoms with Gasteiger partial charge in [-0.1, -0.05) is 49.4 Å². The predicted octanol–water partition coefficient (Wildman–Crippen LogP) is 5.03. The summed E-state index contributed by atoms with van der Waals surface area (Å²) in [6.07, 6.45) is 2.24. The zero-order chi connectivity index (χ0) is 16.7. The molecule has 0 saturated heterocycles. The third kappa shape index (κ3) is 5.85. The Morgan fingerprint density at radius 3 is 2.29 bits per heavy atom. The number of halogens is 1. The van der Waals surface area contributed by atoms with Crippen LogP contribution in [0, 0.1) is 5.92 Å². The predicted molar refractivity (Wildman–Crippen MR) is 105 cm³/mol. The van der Waals surface area contributed by atoms with Crippen LogP contribution in [0.1, 0.15) is 30.4 Å². The summed E-state index contributed by atoms with van der Waals surface area (Å²) in [5, 5.41) is 0. The Bertz CT molecular complexity index is 585. The van der Waals surface area contributed by atoms with Crippen LogP contribution in [0.3, 0.4) is 0 Å². The number of nitrogens with zero attached hydrogens (tertiary/aromatic N) is 1. The zero-order valence-corrected chi connectivity index (χ0v) is 16.1. The first-order valence-corrected chi connectivity index (χ1v) is 8.46. The monoisotopic (exact) mass is 347 g/mol. The molecule has 0 aromatic heterocycles. The highest BCUT2D eigenvalue weighted by molar-refractivity contribution is 5.85. The van der Waals surface area contributed by atoms with Crippen molar-refractivity contribution in [2.24, 2.45) is 5.92 Å². The van der Waals surface area contributed by atoms with Gasteiger partial charge in [-0.05, 0) is 62.0 Å². The van der Waals surface area contributed by atoms with Gasteiger partial charge in [0.05, 0.1) is 7.11 Å². The van der Waals surface area contributed by atoms with Crippen LogP contribution >= 0.6 is 12.4 Å². The molecule has 3 heteroatoms.